The van der Waals surface area contributed by atoms with Crippen molar-refractivity contribution < 1.29 is 31.1 Å². The summed E-state index contributed by atoms with van der Waals surface area (Å²) < 4.78 is 71.8. The number of para-hydroxylation sites is 1. The highest BCUT2D eigenvalue weighted by molar-refractivity contribution is 7.89. The van der Waals surface area contributed by atoms with Crippen LogP contribution in [0.25, 0.3) is 5.69 Å². The number of anilines is 1. The quantitative estimate of drug-likeness (QED) is 0.267. The number of aromatic nitrogens is 1. The molecule has 0 aliphatic rings. The third kappa shape index (κ3) is 6.75. The number of primary sulfonamides is 1. The maximum absolute atomic E-state index is 13.9. The zero-order valence-electron chi connectivity index (χ0n) is 20.9. The molecule has 0 aliphatic heterocycles. The number of nitrogens with one attached hydrogen (secondary N) is 1. The third-order valence-electron chi connectivity index (χ3n) is 6.07. The second-order valence-corrected chi connectivity index (χ2v) is 10.4. The first-order valence-corrected chi connectivity index (χ1v) is 13.4. The molecular formula is C28H26F3N3O4S. The van der Waals surface area contributed by atoms with Gasteiger partial charge in [0.05, 0.1) is 34.9 Å². The summed E-state index contributed by atoms with van der Waals surface area (Å²) in [6, 6.07) is 21.4. The van der Waals surface area contributed by atoms with Crippen LogP contribution in [0.4, 0.5) is 18.9 Å². The minimum atomic E-state index is -4.61. The minimum absolute atomic E-state index is 0.0999. The zero-order valence-corrected chi connectivity index (χ0v) is 21.7. The summed E-state index contributed by atoms with van der Waals surface area (Å²) in [6.45, 7) is 2.12. The molecular weight excluding hydrogens is 531 g/mol. The van der Waals surface area contributed by atoms with Crippen LogP contribution in [0, 0.1) is 6.92 Å². The molecule has 0 aliphatic carbocycles. The lowest BCUT2D eigenvalue weighted by atomic mass is 10.1. The summed E-state index contributed by atoms with van der Waals surface area (Å²) in [5.41, 5.74) is 1.26. The average molecular weight is 558 g/mol. The van der Waals surface area contributed by atoms with Crippen LogP contribution in [-0.2, 0) is 34.0 Å². The first kappa shape index (κ1) is 28.1. The number of halogens is 3. The van der Waals surface area contributed by atoms with Gasteiger partial charge in [0.1, 0.15) is 0 Å². The number of carbonyl (C=O) groups excluding carboxylic acids is 1. The third-order valence-corrected chi connectivity index (χ3v) is 7.00. The predicted octanol–water partition coefficient (Wildman–Crippen LogP) is 5.46. The van der Waals surface area contributed by atoms with Crippen LogP contribution in [0.1, 0.15) is 32.9 Å². The monoisotopic (exact) mass is 557 g/mol. The number of nitrogens with zero attached hydrogens (tertiary/aromatic N) is 1. The molecule has 0 fully saturated rings. The van der Waals surface area contributed by atoms with Gasteiger partial charge in [-0.3, -0.25) is 4.79 Å². The van der Waals surface area contributed by atoms with Crippen molar-refractivity contribution in [3.05, 3.63) is 113 Å². The highest BCUT2D eigenvalue weighted by atomic mass is 32.2. The summed E-state index contributed by atoms with van der Waals surface area (Å²) >= 11 is 0. The van der Waals surface area contributed by atoms with Gasteiger partial charge in [0.25, 0.3) is 5.91 Å². The molecule has 4 rings (SSSR count). The SMILES string of the molecule is Cc1c(C(=O)Nc2ccc(S(N)(=O)=O)cc2)cc(CCOCc2ccccc2)n1-c1ccccc1C(F)(F)F. The Hall–Kier alpha value is -3.93. The van der Waals surface area contributed by atoms with E-state index >= 15 is 0 Å². The Balaban J connectivity index is 1.65. The Bertz CT molecular complexity index is 1570. The largest absolute Gasteiger partial charge is 0.418 e. The van der Waals surface area contributed by atoms with E-state index in [9.17, 15) is 26.4 Å². The van der Waals surface area contributed by atoms with E-state index in [1.54, 1.807) is 13.0 Å². The number of sulfonamides is 1. The van der Waals surface area contributed by atoms with Crippen molar-refractivity contribution in [2.24, 2.45) is 5.14 Å². The highest BCUT2D eigenvalue weighted by Gasteiger charge is 2.34. The summed E-state index contributed by atoms with van der Waals surface area (Å²) in [4.78, 5) is 13.1. The lowest BCUT2D eigenvalue weighted by molar-refractivity contribution is -0.137. The van der Waals surface area contributed by atoms with Crippen molar-refractivity contribution in [3.63, 3.8) is 0 Å². The van der Waals surface area contributed by atoms with E-state index in [-0.39, 0.29) is 29.2 Å². The molecule has 1 amide bonds. The molecule has 204 valence electrons. The van der Waals surface area contributed by atoms with Gasteiger partial charge in [-0.25, -0.2) is 13.6 Å². The smallest absolute Gasteiger partial charge is 0.376 e. The van der Waals surface area contributed by atoms with Gasteiger partial charge in [0.15, 0.2) is 0 Å². The molecule has 0 radical (unpaired) electrons. The number of rotatable bonds is 9. The lowest BCUT2D eigenvalue weighted by Gasteiger charge is -2.18. The molecule has 1 heterocycles. The van der Waals surface area contributed by atoms with E-state index < -0.39 is 27.7 Å². The fourth-order valence-electron chi connectivity index (χ4n) is 4.20. The summed E-state index contributed by atoms with van der Waals surface area (Å²) in [7, 11) is -3.90. The van der Waals surface area contributed by atoms with Gasteiger partial charge in [0, 0.05) is 23.5 Å². The second-order valence-electron chi connectivity index (χ2n) is 8.80. The van der Waals surface area contributed by atoms with Crippen LogP contribution in [0.5, 0.6) is 0 Å². The number of benzene rings is 3. The number of alkyl halides is 3. The van der Waals surface area contributed by atoms with Gasteiger partial charge in [-0.15, -0.1) is 0 Å². The number of hydrogen-bond donors (Lipinski definition) is 2. The van der Waals surface area contributed by atoms with Crippen LogP contribution in [0.3, 0.4) is 0 Å². The molecule has 0 unspecified atom stereocenters. The van der Waals surface area contributed by atoms with E-state index in [0.29, 0.717) is 23.7 Å². The standard InChI is InChI=1S/C28H26F3N3O4S/c1-19-24(27(35)33-21-11-13-23(14-12-21)39(32,36)37)17-22(15-16-38-18-20-7-3-2-4-8-20)34(19)26-10-6-5-9-25(26)28(29,30)31/h2-14,17H,15-16,18H2,1H3,(H,33,35)(H2,32,36,37). The predicted molar refractivity (Wildman–Crippen MR) is 141 cm³/mol. The minimum Gasteiger partial charge on any atom is -0.376 e. The van der Waals surface area contributed by atoms with Crippen molar-refractivity contribution in [1.82, 2.24) is 4.57 Å². The molecule has 0 bridgehead atoms. The van der Waals surface area contributed by atoms with Crippen LogP contribution < -0.4 is 10.5 Å². The number of hydrogen-bond acceptors (Lipinski definition) is 4. The van der Waals surface area contributed by atoms with Gasteiger partial charge in [-0.05, 0) is 55.0 Å². The fourth-order valence-corrected chi connectivity index (χ4v) is 4.71. The van der Waals surface area contributed by atoms with Gasteiger partial charge in [-0.1, -0.05) is 42.5 Å². The Morgan fingerprint density at radius 1 is 0.974 bits per heavy atom. The zero-order chi connectivity index (χ0) is 28.2. The van der Waals surface area contributed by atoms with E-state index in [4.69, 9.17) is 9.88 Å². The molecule has 7 nitrogen and oxygen atoms in total. The van der Waals surface area contributed by atoms with E-state index in [1.165, 1.54) is 47.0 Å². The Kier molecular flexibility index (Phi) is 8.24. The summed E-state index contributed by atoms with van der Waals surface area (Å²) in [5.74, 6) is -0.564. The van der Waals surface area contributed by atoms with Crippen molar-refractivity contribution in [2.75, 3.05) is 11.9 Å². The van der Waals surface area contributed by atoms with E-state index in [1.807, 2.05) is 30.3 Å². The number of ether oxygens (including phenoxy) is 1. The molecule has 0 saturated heterocycles. The van der Waals surface area contributed by atoms with Crippen LogP contribution in [0.2, 0.25) is 0 Å². The maximum atomic E-state index is 13.9. The first-order chi connectivity index (χ1) is 18.4. The number of carbonyl (C=O) groups is 1. The number of nitrogens with two attached hydrogens (primary N) is 1. The number of amides is 1. The van der Waals surface area contributed by atoms with Crippen LogP contribution >= 0.6 is 0 Å². The van der Waals surface area contributed by atoms with Gasteiger partial charge in [0.2, 0.25) is 10.0 Å². The van der Waals surface area contributed by atoms with Crippen molar-refractivity contribution in [1.29, 1.82) is 0 Å². The molecule has 1 aromatic heterocycles. The summed E-state index contributed by atoms with van der Waals surface area (Å²) in [5, 5.41) is 7.77. The fraction of sp³-hybridized carbons (Fsp3) is 0.179. The van der Waals surface area contributed by atoms with E-state index in [2.05, 4.69) is 5.32 Å². The van der Waals surface area contributed by atoms with E-state index in [0.717, 1.165) is 11.6 Å². The molecule has 0 spiro atoms. The molecule has 11 heteroatoms. The van der Waals surface area contributed by atoms with Crippen molar-refractivity contribution in [3.8, 4) is 5.69 Å². The molecule has 0 saturated carbocycles. The molecule has 39 heavy (non-hydrogen) atoms. The normalized spacial score (nSPS) is 11.9. The van der Waals surface area contributed by atoms with Gasteiger partial charge < -0.3 is 14.6 Å². The molecule has 3 aromatic carbocycles. The first-order valence-electron chi connectivity index (χ1n) is 11.9. The topological polar surface area (TPSA) is 103 Å². The van der Waals surface area contributed by atoms with Crippen LogP contribution in [-0.4, -0.2) is 25.5 Å². The molecule has 3 N–H and O–H groups in total. The Morgan fingerprint density at radius 2 is 1.62 bits per heavy atom. The highest BCUT2D eigenvalue weighted by Crippen LogP contribution is 2.36. The lowest BCUT2D eigenvalue weighted by Crippen LogP contribution is -2.16. The Morgan fingerprint density at radius 3 is 2.26 bits per heavy atom. The maximum Gasteiger partial charge on any atom is 0.418 e. The molecule has 4 aromatic rings. The second kappa shape index (κ2) is 11.4. The average Bonchev–Trinajstić information content (AvgIpc) is 3.22. The Labute approximate surface area is 224 Å². The summed E-state index contributed by atoms with van der Waals surface area (Å²) in [6.07, 6.45) is -4.36. The van der Waals surface area contributed by atoms with Crippen LogP contribution in [0.15, 0.2) is 89.8 Å². The van der Waals surface area contributed by atoms with Gasteiger partial charge in [-0.2, -0.15) is 13.2 Å². The van der Waals surface area contributed by atoms with Gasteiger partial charge >= 0.3 is 6.18 Å². The molecule has 0 atom stereocenters. The van der Waals surface area contributed by atoms with Crippen molar-refractivity contribution >= 4 is 21.6 Å². The van der Waals surface area contributed by atoms with Crippen molar-refractivity contribution in [2.45, 2.75) is 31.0 Å².